The molecule has 130 valence electrons. The molecule has 4 aromatic rings. The third kappa shape index (κ3) is 3.11. The molecule has 0 fully saturated rings. The number of fused-ring (bicyclic) bond motifs is 1. The third-order valence-electron chi connectivity index (χ3n) is 4.22. The Morgan fingerprint density at radius 2 is 1.46 bits per heavy atom. The van der Waals surface area contributed by atoms with Gasteiger partial charge in [0.2, 0.25) is 0 Å². The number of aromatic nitrogens is 2. The summed E-state index contributed by atoms with van der Waals surface area (Å²) in [7, 11) is -3.27. The Hall–Kier alpha value is -2.99. The molecule has 2 heterocycles. The van der Waals surface area contributed by atoms with Gasteiger partial charge in [0.1, 0.15) is 11.5 Å². The van der Waals surface area contributed by atoms with Crippen LogP contribution in [0.2, 0.25) is 0 Å². The molecule has 4 rings (SSSR count). The zero-order valence-electron chi connectivity index (χ0n) is 13.9. The predicted molar refractivity (Wildman–Crippen MR) is 99.1 cm³/mol. The van der Waals surface area contributed by atoms with Crippen LogP contribution >= 0.6 is 0 Å². The zero-order chi connectivity index (χ0) is 18.3. The number of halogens is 1. The van der Waals surface area contributed by atoms with Crippen LogP contribution in [0.15, 0.2) is 78.0 Å². The average Bonchev–Trinajstić information content (AvgIpc) is 3.05. The number of sulfone groups is 1. The topological polar surface area (TPSA) is 51.4 Å². The van der Waals surface area contributed by atoms with E-state index in [1.54, 1.807) is 34.9 Å². The first-order valence-electron chi connectivity index (χ1n) is 7.95. The molecule has 0 atom stereocenters. The predicted octanol–water partition coefficient (Wildman–Crippen LogP) is 4.21. The van der Waals surface area contributed by atoms with Crippen LogP contribution in [-0.2, 0) is 9.84 Å². The lowest BCUT2D eigenvalue weighted by Gasteiger charge is -2.03. The molecule has 0 spiro atoms. The van der Waals surface area contributed by atoms with Gasteiger partial charge in [-0.2, -0.15) is 0 Å². The lowest BCUT2D eigenvalue weighted by atomic mass is 10.0. The summed E-state index contributed by atoms with van der Waals surface area (Å²) in [5, 5.41) is 0. The first-order valence-corrected chi connectivity index (χ1v) is 9.84. The minimum Gasteiger partial charge on any atom is -0.306 e. The lowest BCUT2D eigenvalue weighted by molar-refractivity contribution is 0.601. The fourth-order valence-electron chi connectivity index (χ4n) is 2.81. The maximum absolute atomic E-state index is 13.0. The Kier molecular flexibility index (Phi) is 3.85. The van der Waals surface area contributed by atoms with E-state index in [0.717, 1.165) is 22.4 Å². The Morgan fingerprint density at radius 1 is 0.885 bits per heavy atom. The van der Waals surface area contributed by atoms with E-state index in [2.05, 4.69) is 4.98 Å². The molecular weight excluding hydrogens is 351 g/mol. The van der Waals surface area contributed by atoms with Crippen LogP contribution in [0.1, 0.15) is 0 Å². The fourth-order valence-corrected chi connectivity index (χ4v) is 3.44. The first-order chi connectivity index (χ1) is 12.4. The summed E-state index contributed by atoms with van der Waals surface area (Å²) in [6.07, 6.45) is 4.72. The largest absolute Gasteiger partial charge is 0.306 e. The van der Waals surface area contributed by atoms with Gasteiger partial charge < -0.3 is 4.40 Å². The highest BCUT2D eigenvalue weighted by Crippen LogP contribution is 2.25. The molecular formula is C20H15FN2O2S. The number of pyridine rings is 1. The van der Waals surface area contributed by atoms with Crippen LogP contribution in [0.3, 0.4) is 0 Å². The van der Waals surface area contributed by atoms with Crippen molar-refractivity contribution in [3.05, 3.63) is 78.9 Å². The van der Waals surface area contributed by atoms with Crippen LogP contribution in [0.5, 0.6) is 0 Å². The molecule has 0 N–H and O–H groups in total. The van der Waals surface area contributed by atoms with Gasteiger partial charge in [0.15, 0.2) is 9.84 Å². The summed E-state index contributed by atoms with van der Waals surface area (Å²) < 4.78 is 38.2. The van der Waals surface area contributed by atoms with Crippen molar-refractivity contribution < 1.29 is 12.8 Å². The summed E-state index contributed by atoms with van der Waals surface area (Å²) in [6, 6.07) is 17.3. The molecule has 2 aromatic heterocycles. The van der Waals surface area contributed by atoms with Gasteiger partial charge in [0.25, 0.3) is 0 Å². The number of hydrogen-bond donors (Lipinski definition) is 0. The molecule has 0 amide bonds. The van der Waals surface area contributed by atoms with Gasteiger partial charge in [-0.1, -0.05) is 36.4 Å². The standard InChI is InChI=1S/C20H15FN2O2S/c1-26(24,25)18-10-11-23-13-19(22-20(23)12-18)16-4-2-14(3-5-16)15-6-8-17(21)9-7-15/h2-13H,1H3. The highest BCUT2D eigenvalue weighted by Gasteiger charge is 2.10. The van der Waals surface area contributed by atoms with Crippen molar-refractivity contribution in [2.45, 2.75) is 4.90 Å². The molecule has 0 radical (unpaired) electrons. The van der Waals surface area contributed by atoms with Crippen LogP contribution in [0, 0.1) is 5.82 Å². The Morgan fingerprint density at radius 3 is 2.08 bits per heavy atom. The fraction of sp³-hybridized carbons (Fsp3) is 0.0500. The van der Waals surface area contributed by atoms with E-state index in [9.17, 15) is 12.8 Å². The minimum atomic E-state index is -3.27. The Bertz CT molecular complexity index is 1200. The van der Waals surface area contributed by atoms with E-state index in [4.69, 9.17) is 0 Å². The van der Waals surface area contributed by atoms with Gasteiger partial charge in [0.05, 0.1) is 10.6 Å². The zero-order valence-corrected chi connectivity index (χ0v) is 14.7. The van der Waals surface area contributed by atoms with Crippen molar-refractivity contribution in [2.24, 2.45) is 0 Å². The number of hydrogen-bond acceptors (Lipinski definition) is 3. The molecule has 26 heavy (non-hydrogen) atoms. The maximum atomic E-state index is 13.0. The van der Waals surface area contributed by atoms with E-state index >= 15 is 0 Å². The van der Waals surface area contributed by atoms with Crippen molar-refractivity contribution in [2.75, 3.05) is 6.26 Å². The summed E-state index contributed by atoms with van der Waals surface area (Å²) in [6.45, 7) is 0. The van der Waals surface area contributed by atoms with Crippen molar-refractivity contribution in [3.63, 3.8) is 0 Å². The van der Waals surface area contributed by atoms with Gasteiger partial charge in [0, 0.05) is 30.3 Å². The van der Waals surface area contributed by atoms with Crippen LogP contribution < -0.4 is 0 Å². The van der Waals surface area contributed by atoms with E-state index in [1.807, 2.05) is 30.5 Å². The van der Waals surface area contributed by atoms with Crippen molar-refractivity contribution >= 4 is 15.5 Å². The second kappa shape index (κ2) is 6.07. The second-order valence-electron chi connectivity index (χ2n) is 6.11. The monoisotopic (exact) mass is 366 g/mol. The van der Waals surface area contributed by atoms with Crippen molar-refractivity contribution in [3.8, 4) is 22.4 Å². The molecule has 0 unspecified atom stereocenters. The smallest absolute Gasteiger partial charge is 0.175 e. The molecule has 0 aliphatic carbocycles. The summed E-state index contributed by atoms with van der Waals surface area (Å²) in [5.74, 6) is -0.261. The minimum absolute atomic E-state index is 0.244. The quantitative estimate of drug-likeness (QED) is 0.546. The van der Waals surface area contributed by atoms with E-state index < -0.39 is 9.84 Å². The molecule has 0 saturated carbocycles. The number of rotatable bonds is 3. The van der Waals surface area contributed by atoms with Crippen LogP contribution in [0.25, 0.3) is 28.0 Å². The van der Waals surface area contributed by atoms with E-state index in [-0.39, 0.29) is 10.7 Å². The number of benzene rings is 2. The van der Waals surface area contributed by atoms with Crippen molar-refractivity contribution in [1.82, 2.24) is 9.38 Å². The molecule has 0 aliphatic heterocycles. The van der Waals surface area contributed by atoms with Gasteiger partial charge in [-0.3, -0.25) is 0 Å². The molecule has 6 heteroatoms. The molecule has 0 bridgehead atoms. The highest BCUT2D eigenvalue weighted by atomic mass is 32.2. The van der Waals surface area contributed by atoms with Gasteiger partial charge in [-0.25, -0.2) is 17.8 Å². The average molecular weight is 366 g/mol. The van der Waals surface area contributed by atoms with Crippen LogP contribution in [0.4, 0.5) is 4.39 Å². The summed E-state index contributed by atoms with van der Waals surface area (Å²) >= 11 is 0. The van der Waals surface area contributed by atoms with E-state index in [1.165, 1.54) is 18.4 Å². The summed E-state index contributed by atoms with van der Waals surface area (Å²) in [5.41, 5.74) is 4.16. The number of nitrogens with zero attached hydrogens (tertiary/aromatic N) is 2. The van der Waals surface area contributed by atoms with E-state index in [0.29, 0.717) is 5.65 Å². The van der Waals surface area contributed by atoms with Crippen LogP contribution in [-0.4, -0.2) is 24.1 Å². The number of imidazole rings is 1. The summed E-state index contributed by atoms with van der Waals surface area (Å²) in [4.78, 5) is 4.76. The van der Waals surface area contributed by atoms with Gasteiger partial charge in [-0.05, 0) is 29.3 Å². The van der Waals surface area contributed by atoms with Gasteiger partial charge in [-0.15, -0.1) is 0 Å². The third-order valence-corrected chi connectivity index (χ3v) is 5.33. The molecule has 0 saturated heterocycles. The Labute approximate surface area is 150 Å². The SMILES string of the molecule is CS(=O)(=O)c1ccn2cc(-c3ccc(-c4ccc(F)cc4)cc3)nc2c1. The normalized spacial score (nSPS) is 11.8. The first kappa shape index (κ1) is 16.5. The van der Waals surface area contributed by atoms with Gasteiger partial charge >= 0.3 is 0 Å². The second-order valence-corrected chi connectivity index (χ2v) is 8.13. The lowest BCUT2D eigenvalue weighted by Crippen LogP contribution is -1.97. The maximum Gasteiger partial charge on any atom is 0.175 e. The molecule has 0 aliphatic rings. The van der Waals surface area contributed by atoms with Crippen molar-refractivity contribution in [1.29, 1.82) is 0 Å². The molecule has 2 aromatic carbocycles. The Balaban J connectivity index is 1.70. The molecule has 4 nitrogen and oxygen atoms in total. The highest BCUT2D eigenvalue weighted by molar-refractivity contribution is 7.90.